The lowest BCUT2D eigenvalue weighted by Gasteiger charge is -2.11. The quantitative estimate of drug-likeness (QED) is 0.828. The molecule has 0 radical (unpaired) electrons. The van der Waals surface area contributed by atoms with E-state index in [1.54, 1.807) is 0 Å². The topological polar surface area (TPSA) is 24.9 Å². The van der Waals surface area contributed by atoms with Crippen molar-refractivity contribution in [1.82, 2.24) is 10.3 Å². The fourth-order valence-electron chi connectivity index (χ4n) is 2.22. The Bertz CT molecular complexity index is 532. The molecule has 0 saturated carbocycles. The minimum Gasteiger partial charge on any atom is -0.312 e. The van der Waals surface area contributed by atoms with Gasteiger partial charge in [0.25, 0.3) is 0 Å². The van der Waals surface area contributed by atoms with E-state index < -0.39 is 0 Å². The van der Waals surface area contributed by atoms with Crippen LogP contribution in [0.1, 0.15) is 27.8 Å². The van der Waals surface area contributed by atoms with Crippen LogP contribution in [0.15, 0.2) is 36.7 Å². The van der Waals surface area contributed by atoms with Crippen LogP contribution in [0.2, 0.25) is 0 Å². The molecule has 0 unspecified atom stereocenters. The number of nitrogens with one attached hydrogen (secondary N) is 1. The lowest BCUT2D eigenvalue weighted by atomic mass is 10.0. The van der Waals surface area contributed by atoms with Crippen molar-refractivity contribution in [1.29, 1.82) is 0 Å². The minimum absolute atomic E-state index is 0.942. The van der Waals surface area contributed by atoms with Gasteiger partial charge in [0, 0.05) is 18.9 Å². The zero-order valence-electron chi connectivity index (χ0n) is 12.0. The highest BCUT2D eigenvalue weighted by Gasteiger charge is 2.01. The Kier molecular flexibility index (Phi) is 4.69. The van der Waals surface area contributed by atoms with E-state index in [0.29, 0.717) is 0 Å². The number of hydrogen-bond acceptors (Lipinski definition) is 2. The number of aromatic nitrogens is 1. The number of aryl methyl sites for hydroxylation is 3. The van der Waals surface area contributed by atoms with Crippen molar-refractivity contribution in [3.8, 4) is 0 Å². The van der Waals surface area contributed by atoms with E-state index in [1.165, 1.54) is 27.8 Å². The van der Waals surface area contributed by atoms with Crippen LogP contribution in [-0.4, -0.2) is 11.5 Å². The van der Waals surface area contributed by atoms with Crippen molar-refractivity contribution >= 4 is 0 Å². The van der Waals surface area contributed by atoms with Gasteiger partial charge >= 0.3 is 0 Å². The van der Waals surface area contributed by atoms with Gasteiger partial charge in [-0.15, -0.1) is 0 Å². The molecule has 2 aromatic rings. The van der Waals surface area contributed by atoms with Gasteiger partial charge in [-0.25, -0.2) is 0 Å². The summed E-state index contributed by atoms with van der Waals surface area (Å²) in [5.41, 5.74) is 6.85. The van der Waals surface area contributed by atoms with Gasteiger partial charge in [-0.05, 0) is 73.7 Å². The first kappa shape index (κ1) is 13.8. The summed E-state index contributed by atoms with van der Waals surface area (Å²) >= 11 is 0. The molecular formula is C17H22N2. The molecule has 2 nitrogen and oxygen atoms in total. The van der Waals surface area contributed by atoms with Crippen LogP contribution in [0.25, 0.3) is 0 Å². The Labute approximate surface area is 115 Å². The van der Waals surface area contributed by atoms with E-state index in [-0.39, 0.29) is 0 Å². The number of rotatable bonds is 5. The molecule has 2 heteroatoms. The highest BCUT2D eigenvalue weighted by molar-refractivity contribution is 5.36. The third kappa shape index (κ3) is 3.90. The van der Waals surface area contributed by atoms with E-state index in [2.05, 4.69) is 55.3 Å². The van der Waals surface area contributed by atoms with Crippen molar-refractivity contribution in [3.05, 3.63) is 64.5 Å². The molecular weight excluding hydrogens is 232 g/mol. The van der Waals surface area contributed by atoms with Gasteiger partial charge in [-0.1, -0.05) is 12.1 Å². The Morgan fingerprint density at radius 2 is 1.63 bits per heavy atom. The summed E-state index contributed by atoms with van der Waals surface area (Å²) in [6.45, 7) is 8.47. The van der Waals surface area contributed by atoms with Crippen molar-refractivity contribution in [2.45, 2.75) is 33.7 Å². The van der Waals surface area contributed by atoms with Crippen molar-refractivity contribution in [2.75, 3.05) is 6.54 Å². The van der Waals surface area contributed by atoms with Crippen molar-refractivity contribution in [2.24, 2.45) is 0 Å². The van der Waals surface area contributed by atoms with Crippen LogP contribution < -0.4 is 5.32 Å². The monoisotopic (exact) mass is 254 g/mol. The molecule has 1 aromatic carbocycles. The lowest BCUT2D eigenvalue weighted by molar-refractivity contribution is 0.683. The van der Waals surface area contributed by atoms with Crippen LogP contribution in [0.3, 0.4) is 0 Å². The summed E-state index contributed by atoms with van der Waals surface area (Å²) in [5.74, 6) is 0. The number of pyridine rings is 1. The number of benzene rings is 1. The molecule has 0 fully saturated rings. The van der Waals surface area contributed by atoms with Crippen molar-refractivity contribution in [3.63, 3.8) is 0 Å². The molecule has 1 N–H and O–H groups in total. The third-order valence-electron chi connectivity index (χ3n) is 3.61. The Balaban J connectivity index is 1.85. The standard InChI is InChI=1S/C17H22N2/c1-13-10-15(3)17(11-14(13)2)12-19-9-6-16-4-7-18-8-5-16/h4-5,7-8,10-11,19H,6,9,12H2,1-3H3. The maximum atomic E-state index is 4.03. The molecule has 1 aromatic heterocycles. The maximum absolute atomic E-state index is 4.03. The summed E-state index contributed by atoms with van der Waals surface area (Å²) in [7, 11) is 0. The Morgan fingerprint density at radius 3 is 2.37 bits per heavy atom. The summed E-state index contributed by atoms with van der Waals surface area (Å²) in [4.78, 5) is 4.03. The fourth-order valence-corrected chi connectivity index (χ4v) is 2.22. The van der Waals surface area contributed by atoms with Crippen LogP contribution in [0.5, 0.6) is 0 Å². The molecule has 19 heavy (non-hydrogen) atoms. The summed E-state index contributed by atoms with van der Waals surface area (Å²) < 4.78 is 0. The van der Waals surface area contributed by atoms with Crippen LogP contribution in [-0.2, 0) is 13.0 Å². The molecule has 0 spiro atoms. The number of nitrogens with zero attached hydrogens (tertiary/aromatic N) is 1. The predicted molar refractivity (Wildman–Crippen MR) is 80.3 cm³/mol. The number of hydrogen-bond donors (Lipinski definition) is 1. The van der Waals surface area contributed by atoms with Crippen molar-refractivity contribution < 1.29 is 0 Å². The second kappa shape index (κ2) is 6.48. The first-order valence-corrected chi connectivity index (χ1v) is 6.83. The molecule has 0 bridgehead atoms. The summed E-state index contributed by atoms with van der Waals surface area (Å²) in [5, 5.41) is 3.52. The van der Waals surface area contributed by atoms with Gasteiger partial charge in [-0.2, -0.15) is 0 Å². The fraction of sp³-hybridized carbons (Fsp3) is 0.353. The van der Waals surface area contributed by atoms with Crippen LogP contribution in [0.4, 0.5) is 0 Å². The highest BCUT2D eigenvalue weighted by Crippen LogP contribution is 2.15. The molecule has 1 heterocycles. The predicted octanol–water partition coefficient (Wildman–Crippen LogP) is 3.34. The first-order valence-electron chi connectivity index (χ1n) is 6.83. The molecule has 0 saturated heterocycles. The molecule has 100 valence electrons. The smallest absolute Gasteiger partial charge is 0.0270 e. The SMILES string of the molecule is Cc1cc(C)c(CNCCc2ccncc2)cc1C. The average Bonchev–Trinajstić information content (AvgIpc) is 2.41. The van der Waals surface area contributed by atoms with E-state index in [9.17, 15) is 0 Å². The summed E-state index contributed by atoms with van der Waals surface area (Å²) in [6, 6.07) is 8.71. The van der Waals surface area contributed by atoms with E-state index >= 15 is 0 Å². The lowest BCUT2D eigenvalue weighted by Crippen LogP contribution is -2.17. The highest BCUT2D eigenvalue weighted by atomic mass is 14.8. The normalized spacial score (nSPS) is 10.7. The van der Waals surface area contributed by atoms with E-state index in [0.717, 1.165) is 19.5 Å². The van der Waals surface area contributed by atoms with Gasteiger partial charge in [0.05, 0.1) is 0 Å². The maximum Gasteiger partial charge on any atom is 0.0270 e. The molecule has 0 aliphatic heterocycles. The molecule has 0 aliphatic rings. The van der Waals surface area contributed by atoms with Gasteiger partial charge in [0.1, 0.15) is 0 Å². The molecule has 0 amide bonds. The van der Waals surface area contributed by atoms with Crippen LogP contribution >= 0.6 is 0 Å². The zero-order chi connectivity index (χ0) is 13.7. The van der Waals surface area contributed by atoms with Gasteiger partial charge < -0.3 is 5.32 Å². The average molecular weight is 254 g/mol. The second-order valence-corrected chi connectivity index (χ2v) is 5.15. The molecule has 0 aliphatic carbocycles. The Morgan fingerprint density at radius 1 is 0.947 bits per heavy atom. The Hall–Kier alpha value is -1.67. The molecule has 2 rings (SSSR count). The third-order valence-corrected chi connectivity index (χ3v) is 3.61. The first-order chi connectivity index (χ1) is 9.16. The largest absolute Gasteiger partial charge is 0.312 e. The van der Waals surface area contributed by atoms with E-state index in [4.69, 9.17) is 0 Å². The van der Waals surface area contributed by atoms with Gasteiger partial charge in [-0.3, -0.25) is 4.98 Å². The zero-order valence-corrected chi connectivity index (χ0v) is 12.0. The minimum atomic E-state index is 0.942. The summed E-state index contributed by atoms with van der Waals surface area (Å²) in [6.07, 6.45) is 4.75. The molecule has 0 atom stereocenters. The second-order valence-electron chi connectivity index (χ2n) is 5.15. The van der Waals surface area contributed by atoms with Gasteiger partial charge in [0.2, 0.25) is 0 Å². The van der Waals surface area contributed by atoms with Crippen LogP contribution in [0, 0.1) is 20.8 Å². The van der Waals surface area contributed by atoms with Gasteiger partial charge in [0.15, 0.2) is 0 Å². The van der Waals surface area contributed by atoms with E-state index in [1.807, 2.05) is 12.4 Å².